The van der Waals surface area contributed by atoms with Gasteiger partial charge in [-0.05, 0) is 37.1 Å². The zero-order chi connectivity index (χ0) is 17.5. The Hall–Kier alpha value is -2.34. The van der Waals surface area contributed by atoms with Gasteiger partial charge in [0, 0.05) is 18.2 Å². The molecule has 128 valence electrons. The van der Waals surface area contributed by atoms with Crippen LogP contribution in [0, 0.1) is 17.5 Å². The Morgan fingerprint density at radius 1 is 1.12 bits per heavy atom. The van der Waals surface area contributed by atoms with Crippen molar-refractivity contribution in [2.45, 2.75) is 19.4 Å². The van der Waals surface area contributed by atoms with Gasteiger partial charge in [-0.15, -0.1) is 0 Å². The number of quaternary nitrogens is 1. The number of nitrogens with one attached hydrogen (secondary N) is 1. The number of hydrogen-bond donors (Lipinski definition) is 2. The summed E-state index contributed by atoms with van der Waals surface area (Å²) in [6, 6.07) is 9.49. The van der Waals surface area contributed by atoms with Crippen molar-refractivity contribution in [2.24, 2.45) is 0 Å². The van der Waals surface area contributed by atoms with E-state index in [1.807, 2.05) is 0 Å². The van der Waals surface area contributed by atoms with Crippen molar-refractivity contribution in [3.05, 3.63) is 71.0 Å². The van der Waals surface area contributed by atoms with Crippen molar-refractivity contribution in [3.8, 4) is 0 Å². The smallest absolute Gasteiger partial charge is 0.275 e. The molecule has 3 N–H and O–H groups in total. The third-order valence-electron chi connectivity index (χ3n) is 3.78. The maximum Gasteiger partial charge on any atom is 0.275 e. The minimum atomic E-state index is -0.630. The average Bonchev–Trinajstić information content (AvgIpc) is 2.54. The Morgan fingerprint density at radius 2 is 1.88 bits per heavy atom. The summed E-state index contributed by atoms with van der Waals surface area (Å²) in [6.45, 7) is 2.17. The highest BCUT2D eigenvalue weighted by molar-refractivity contribution is 5.76. The van der Waals surface area contributed by atoms with Crippen LogP contribution in [0.2, 0.25) is 0 Å². The number of carbonyl (C=O) groups is 1. The first-order chi connectivity index (χ1) is 11.5. The zero-order valence-electron chi connectivity index (χ0n) is 13.4. The highest BCUT2D eigenvalue weighted by atomic mass is 19.1. The minimum absolute atomic E-state index is 0.106. The summed E-state index contributed by atoms with van der Waals surface area (Å²) in [7, 11) is 0. The maximum atomic E-state index is 13.7. The second-order valence-electron chi connectivity index (χ2n) is 5.59. The van der Waals surface area contributed by atoms with Crippen molar-refractivity contribution in [1.29, 1.82) is 0 Å². The predicted molar refractivity (Wildman–Crippen MR) is 84.7 cm³/mol. The predicted octanol–water partition coefficient (Wildman–Crippen LogP) is 2.09. The van der Waals surface area contributed by atoms with Gasteiger partial charge in [-0.25, -0.2) is 13.2 Å². The van der Waals surface area contributed by atoms with Crippen molar-refractivity contribution in [2.75, 3.05) is 13.1 Å². The molecule has 2 aromatic rings. The first-order valence-corrected chi connectivity index (χ1v) is 7.75. The molecule has 0 saturated heterocycles. The standard InChI is InChI=1S/C18H19F3N2O/c1-12(15-7-6-14(19)10-17(15)21)23-11-18(24)22-9-8-13-4-2-3-5-16(13)20/h2-7,10,12,23H,8-9,11H2,1H3,(H,22,24)/p+1/t12-/m1/s1. The molecule has 0 fully saturated rings. The third-order valence-corrected chi connectivity index (χ3v) is 3.78. The fourth-order valence-electron chi connectivity index (χ4n) is 2.39. The van der Waals surface area contributed by atoms with E-state index >= 15 is 0 Å². The van der Waals surface area contributed by atoms with Gasteiger partial charge in [-0.3, -0.25) is 4.79 Å². The van der Waals surface area contributed by atoms with Crippen LogP contribution in [0.15, 0.2) is 42.5 Å². The number of halogens is 3. The first-order valence-electron chi connectivity index (χ1n) is 7.75. The van der Waals surface area contributed by atoms with E-state index < -0.39 is 11.6 Å². The summed E-state index contributed by atoms with van der Waals surface area (Å²) in [4.78, 5) is 11.8. The molecule has 2 rings (SSSR count). The van der Waals surface area contributed by atoms with Gasteiger partial charge in [-0.1, -0.05) is 18.2 Å². The highest BCUT2D eigenvalue weighted by Gasteiger charge is 2.16. The van der Waals surface area contributed by atoms with E-state index in [-0.39, 0.29) is 24.3 Å². The zero-order valence-corrected chi connectivity index (χ0v) is 13.4. The number of amides is 1. The van der Waals surface area contributed by atoms with Crippen LogP contribution in [-0.4, -0.2) is 19.0 Å². The maximum absolute atomic E-state index is 13.7. The summed E-state index contributed by atoms with van der Waals surface area (Å²) in [5, 5.41) is 4.36. The summed E-state index contributed by atoms with van der Waals surface area (Å²) in [5.41, 5.74) is 0.888. The van der Waals surface area contributed by atoms with E-state index in [2.05, 4.69) is 5.32 Å². The lowest BCUT2D eigenvalue weighted by Crippen LogP contribution is -2.87. The fourth-order valence-corrected chi connectivity index (χ4v) is 2.39. The van der Waals surface area contributed by atoms with E-state index in [0.29, 0.717) is 24.1 Å². The fraction of sp³-hybridized carbons (Fsp3) is 0.278. The SMILES string of the molecule is C[C@@H]([NH2+]CC(=O)NCCc1ccccc1F)c1ccc(F)cc1F. The topological polar surface area (TPSA) is 45.7 Å². The molecule has 3 nitrogen and oxygen atoms in total. The van der Waals surface area contributed by atoms with Crippen LogP contribution in [0.5, 0.6) is 0 Å². The molecule has 0 saturated carbocycles. The molecule has 0 aliphatic carbocycles. The van der Waals surface area contributed by atoms with Gasteiger partial charge in [0.2, 0.25) is 0 Å². The van der Waals surface area contributed by atoms with E-state index in [1.165, 1.54) is 18.2 Å². The van der Waals surface area contributed by atoms with Crippen LogP contribution in [0.3, 0.4) is 0 Å². The Labute approximate surface area is 138 Å². The molecular formula is C18H20F3N2O+. The highest BCUT2D eigenvalue weighted by Crippen LogP contribution is 2.14. The van der Waals surface area contributed by atoms with Crippen LogP contribution in [0.1, 0.15) is 24.1 Å². The van der Waals surface area contributed by atoms with E-state index in [9.17, 15) is 18.0 Å². The summed E-state index contributed by atoms with van der Waals surface area (Å²) in [6.07, 6.45) is 0.403. The Bertz CT molecular complexity index is 706. The number of carbonyl (C=O) groups excluding carboxylic acids is 1. The second kappa shape index (κ2) is 8.49. The van der Waals surface area contributed by atoms with Gasteiger partial charge in [-0.2, -0.15) is 0 Å². The molecule has 6 heteroatoms. The van der Waals surface area contributed by atoms with Crippen molar-refractivity contribution < 1.29 is 23.3 Å². The first kappa shape index (κ1) is 18.0. The van der Waals surface area contributed by atoms with Crippen molar-refractivity contribution in [1.82, 2.24) is 5.32 Å². The van der Waals surface area contributed by atoms with Crippen LogP contribution in [0.4, 0.5) is 13.2 Å². The molecular weight excluding hydrogens is 317 g/mol. The van der Waals surface area contributed by atoms with Gasteiger partial charge >= 0.3 is 0 Å². The Kier molecular flexibility index (Phi) is 6.37. The molecule has 0 heterocycles. The van der Waals surface area contributed by atoms with E-state index in [4.69, 9.17) is 0 Å². The summed E-state index contributed by atoms with van der Waals surface area (Å²) >= 11 is 0. The van der Waals surface area contributed by atoms with Gasteiger partial charge in [0.1, 0.15) is 23.5 Å². The monoisotopic (exact) mass is 337 g/mol. The van der Waals surface area contributed by atoms with Crippen LogP contribution >= 0.6 is 0 Å². The van der Waals surface area contributed by atoms with E-state index in [0.717, 1.165) is 6.07 Å². The normalized spacial score (nSPS) is 12.0. The van der Waals surface area contributed by atoms with Gasteiger partial charge in [0.15, 0.2) is 6.54 Å². The molecule has 1 atom stereocenters. The van der Waals surface area contributed by atoms with Crippen molar-refractivity contribution >= 4 is 5.91 Å². The molecule has 2 aromatic carbocycles. The average molecular weight is 337 g/mol. The molecule has 0 bridgehead atoms. The van der Waals surface area contributed by atoms with Crippen LogP contribution < -0.4 is 10.6 Å². The lowest BCUT2D eigenvalue weighted by atomic mass is 10.1. The number of benzene rings is 2. The lowest BCUT2D eigenvalue weighted by molar-refractivity contribution is -0.682. The van der Waals surface area contributed by atoms with Gasteiger partial charge < -0.3 is 10.6 Å². The van der Waals surface area contributed by atoms with Crippen molar-refractivity contribution in [3.63, 3.8) is 0 Å². The quantitative estimate of drug-likeness (QED) is 0.798. The lowest BCUT2D eigenvalue weighted by Gasteiger charge is -2.12. The molecule has 1 amide bonds. The summed E-state index contributed by atoms with van der Waals surface area (Å²) in [5.74, 6) is -1.77. The second-order valence-corrected chi connectivity index (χ2v) is 5.59. The Morgan fingerprint density at radius 3 is 2.58 bits per heavy atom. The van der Waals surface area contributed by atoms with Crippen LogP contribution in [0.25, 0.3) is 0 Å². The van der Waals surface area contributed by atoms with Crippen LogP contribution in [-0.2, 0) is 11.2 Å². The molecule has 24 heavy (non-hydrogen) atoms. The number of hydrogen-bond acceptors (Lipinski definition) is 1. The molecule has 0 radical (unpaired) electrons. The molecule has 0 spiro atoms. The van der Waals surface area contributed by atoms with Gasteiger partial charge in [0.05, 0.1) is 0 Å². The third kappa shape index (κ3) is 5.09. The van der Waals surface area contributed by atoms with Gasteiger partial charge in [0.25, 0.3) is 5.91 Å². The largest absolute Gasteiger partial charge is 0.351 e. The molecule has 0 aliphatic heterocycles. The molecule has 0 aromatic heterocycles. The number of rotatable bonds is 7. The Balaban J connectivity index is 1.75. The molecule has 0 unspecified atom stereocenters. The molecule has 0 aliphatic rings. The minimum Gasteiger partial charge on any atom is -0.351 e. The van der Waals surface area contributed by atoms with E-state index in [1.54, 1.807) is 30.4 Å². The summed E-state index contributed by atoms with van der Waals surface area (Å²) < 4.78 is 40.0. The number of nitrogens with two attached hydrogens (primary N) is 1.